The van der Waals surface area contributed by atoms with Crippen LogP contribution in [0.1, 0.15) is 108 Å². The molecule has 5 heteroatoms. The van der Waals surface area contributed by atoms with Gasteiger partial charge in [-0.25, -0.2) is 0 Å². The van der Waals surface area contributed by atoms with Gasteiger partial charge in [-0.2, -0.15) is 13.2 Å². The quantitative estimate of drug-likeness (QED) is 0.215. The Hall–Kier alpha value is -3.02. The third-order valence-corrected chi connectivity index (χ3v) is 8.09. The van der Waals surface area contributed by atoms with Crippen molar-refractivity contribution >= 4 is 11.9 Å². The first kappa shape index (κ1) is 37.2. The van der Waals surface area contributed by atoms with Gasteiger partial charge in [-0.05, 0) is 109 Å². The molecule has 4 rings (SSSR count). The second-order valence-corrected chi connectivity index (χ2v) is 13.9. The van der Waals surface area contributed by atoms with Crippen LogP contribution in [0.2, 0.25) is 0 Å². The number of aryl methyl sites for hydroxylation is 1. The maximum absolute atomic E-state index is 12.2. The Morgan fingerprint density at radius 2 is 1.09 bits per heavy atom. The van der Waals surface area contributed by atoms with Gasteiger partial charge in [-0.3, -0.25) is 4.72 Å². The molecule has 0 saturated heterocycles. The van der Waals surface area contributed by atoms with Gasteiger partial charge < -0.3 is 0 Å². The molecular weight excluding hydrogens is 571 g/mol. The van der Waals surface area contributed by atoms with Crippen molar-refractivity contribution in [3.8, 4) is 11.1 Å². The van der Waals surface area contributed by atoms with E-state index in [4.69, 9.17) is 0 Å². The Kier molecular flexibility index (Phi) is 14.3. The maximum Gasteiger partial charge on any atom is 0.416 e. The lowest BCUT2D eigenvalue weighted by Gasteiger charge is -2.19. The summed E-state index contributed by atoms with van der Waals surface area (Å²) in [4.78, 5) is 1.29. The van der Waals surface area contributed by atoms with Gasteiger partial charge in [-0.15, -0.1) is 0 Å². The van der Waals surface area contributed by atoms with E-state index in [-0.39, 0.29) is 11.5 Å². The Morgan fingerprint density at radius 1 is 0.591 bits per heavy atom. The minimum Gasteiger partial charge on any atom is -0.255 e. The standard InChI is InChI=1S/C16H18.C13H21NS.C10H11F3/c1-12(2)14-8-6-9-15(11-14)16-10-5-4-7-13(16)3;1-10(2)11-7-6-8-12(9-11)15-14-13(3,4)5;1-7(2)8-4-3-5-9(6-8)10(11,12)13/h4-12H,1-3H3;6-10,14H,1-5H3;3-7H,1-2H3. The van der Waals surface area contributed by atoms with Gasteiger partial charge in [0.2, 0.25) is 0 Å². The lowest BCUT2D eigenvalue weighted by Crippen LogP contribution is -2.29. The summed E-state index contributed by atoms with van der Waals surface area (Å²) in [6.45, 7) is 21.3. The molecule has 0 unspecified atom stereocenters. The molecule has 0 aliphatic heterocycles. The first-order chi connectivity index (χ1) is 20.5. The van der Waals surface area contributed by atoms with E-state index in [0.717, 1.165) is 11.6 Å². The minimum absolute atomic E-state index is 0.127. The zero-order valence-corrected chi connectivity index (χ0v) is 28.8. The van der Waals surface area contributed by atoms with Crippen LogP contribution in [-0.2, 0) is 6.18 Å². The number of hydrogen-bond acceptors (Lipinski definition) is 2. The summed E-state index contributed by atoms with van der Waals surface area (Å²) >= 11 is 1.71. The normalized spacial score (nSPS) is 11.6. The number of rotatable bonds is 6. The highest BCUT2D eigenvalue weighted by Gasteiger charge is 2.30. The van der Waals surface area contributed by atoms with Crippen molar-refractivity contribution in [3.63, 3.8) is 0 Å². The van der Waals surface area contributed by atoms with Gasteiger partial charge in [0.25, 0.3) is 0 Å². The van der Waals surface area contributed by atoms with Crippen molar-refractivity contribution in [2.45, 2.75) is 104 Å². The summed E-state index contributed by atoms with van der Waals surface area (Å²) in [5.74, 6) is 1.31. The maximum atomic E-state index is 12.2. The summed E-state index contributed by atoms with van der Waals surface area (Å²) in [6.07, 6.45) is -4.23. The Morgan fingerprint density at radius 3 is 1.61 bits per heavy atom. The van der Waals surface area contributed by atoms with Crippen molar-refractivity contribution < 1.29 is 13.2 Å². The first-order valence-electron chi connectivity index (χ1n) is 15.3. The fourth-order valence-electron chi connectivity index (χ4n) is 4.19. The third kappa shape index (κ3) is 12.9. The lowest BCUT2D eigenvalue weighted by atomic mass is 9.95. The smallest absolute Gasteiger partial charge is 0.255 e. The van der Waals surface area contributed by atoms with E-state index in [1.807, 2.05) is 13.8 Å². The summed E-state index contributed by atoms with van der Waals surface area (Å²) < 4.78 is 40.1. The van der Waals surface area contributed by atoms with Crippen LogP contribution in [0.4, 0.5) is 13.2 Å². The molecular formula is C39H50F3NS. The molecule has 0 aromatic heterocycles. The van der Waals surface area contributed by atoms with E-state index in [0.29, 0.717) is 11.8 Å². The minimum atomic E-state index is -4.23. The molecule has 0 radical (unpaired) electrons. The molecule has 0 amide bonds. The van der Waals surface area contributed by atoms with Crippen LogP contribution in [0.3, 0.4) is 0 Å². The SMILES string of the molecule is CC(C)c1cccc(C(F)(F)F)c1.CC(C)c1cccc(SNC(C)(C)C)c1.Cc1ccccc1-c1cccc(C(C)C)c1. The number of alkyl halides is 3. The number of halogens is 3. The lowest BCUT2D eigenvalue weighted by molar-refractivity contribution is -0.137. The fraction of sp³-hybridized carbons (Fsp3) is 0.385. The Balaban J connectivity index is 0.000000232. The van der Waals surface area contributed by atoms with E-state index < -0.39 is 11.7 Å². The van der Waals surface area contributed by atoms with Crippen molar-refractivity contribution in [2.75, 3.05) is 0 Å². The molecule has 0 aliphatic carbocycles. The average Bonchev–Trinajstić information content (AvgIpc) is 2.96. The van der Waals surface area contributed by atoms with Crippen LogP contribution < -0.4 is 4.72 Å². The molecule has 1 N–H and O–H groups in total. The molecule has 0 bridgehead atoms. The summed E-state index contributed by atoms with van der Waals surface area (Å²) in [5, 5.41) is 0. The van der Waals surface area contributed by atoms with E-state index in [9.17, 15) is 13.2 Å². The largest absolute Gasteiger partial charge is 0.416 e. The Bertz CT molecular complexity index is 1430. The molecule has 0 aliphatic rings. The summed E-state index contributed by atoms with van der Waals surface area (Å²) in [6, 6.07) is 31.5. The van der Waals surface area contributed by atoms with Crippen LogP contribution in [0.15, 0.2) is 102 Å². The van der Waals surface area contributed by atoms with Crippen LogP contribution in [-0.4, -0.2) is 5.54 Å². The van der Waals surface area contributed by atoms with Gasteiger partial charge in [-0.1, -0.05) is 120 Å². The molecule has 44 heavy (non-hydrogen) atoms. The van der Waals surface area contributed by atoms with E-state index in [2.05, 4.69) is 133 Å². The highest BCUT2D eigenvalue weighted by Crippen LogP contribution is 2.31. The third-order valence-electron chi connectivity index (χ3n) is 6.89. The number of hydrogen-bond donors (Lipinski definition) is 1. The second-order valence-electron chi connectivity index (χ2n) is 13.1. The van der Waals surface area contributed by atoms with E-state index in [1.54, 1.807) is 18.0 Å². The monoisotopic (exact) mass is 621 g/mol. The molecule has 0 fully saturated rings. The van der Waals surface area contributed by atoms with Crippen molar-refractivity contribution in [1.29, 1.82) is 0 Å². The number of benzene rings is 4. The number of nitrogens with one attached hydrogen (secondary N) is 1. The van der Waals surface area contributed by atoms with Crippen LogP contribution >= 0.6 is 11.9 Å². The van der Waals surface area contributed by atoms with Crippen LogP contribution in [0.5, 0.6) is 0 Å². The second kappa shape index (κ2) is 16.9. The molecule has 4 aromatic rings. The molecule has 0 spiro atoms. The van der Waals surface area contributed by atoms with Crippen molar-refractivity contribution in [3.05, 3.63) is 125 Å². The van der Waals surface area contributed by atoms with E-state index >= 15 is 0 Å². The topological polar surface area (TPSA) is 12.0 Å². The summed E-state index contributed by atoms with van der Waals surface area (Å²) in [5.41, 5.74) is 7.10. The van der Waals surface area contributed by atoms with Crippen LogP contribution in [0, 0.1) is 6.92 Å². The highest BCUT2D eigenvalue weighted by atomic mass is 32.2. The Labute approximate surface area is 268 Å². The molecule has 238 valence electrons. The van der Waals surface area contributed by atoms with E-state index in [1.165, 1.54) is 44.8 Å². The zero-order valence-electron chi connectivity index (χ0n) is 28.0. The molecule has 1 nitrogen and oxygen atoms in total. The molecule has 4 aromatic carbocycles. The van der Waals surface area contributed by atoms with Gasteiger partial charge in [0.05, 0.1) is 5.56 Å². The van der Waals surface area contributed by atoms with Gasteiger partial charge in [0.1, 0.15) is 0 Å². The van der Waals surface area contributed by atoms with Gasteiger partial charge in [0, 0.05) is 10.4 Å². The predicted molar refractivity (Wildman–Crippen MR) is 186 cm³/mol. The zero-order chi connectivity index (χ0) is 33.1. The molecule has 0 atom stereocenters. The van der Waals surface area contributed by atoms with Gasteiger partial charge in [0.15, 0.2) is 0 Å². The summed E-state index contributed by atoms with van der Waals surface area (Å²) in [7, 11) is 0. The highest BCUT2D eigenvalue weighted by molar-refractivity contribution is 7.97. The first-order valence-corrected chi connectivity index (χ1v) is 16.2. The van der Waals surface area contributed by atoms with Crippen molar-refractivity contribution in [2.24, 2.45) is 0 Å². The predicted octanol–water partition coefficient (Wildman–Crippen LogP) is 12.8. The van der Waals surface area contributed by atoms with Crippen LogP contribution in [0.25, 0.3) is 11.1 Å². The molecule has 0 heterocycles. The van der Waals surface area contributed by atoms with Gasteiger partial charge >= 0.3 is 6.18 Å². The molecule has 0 saturated carbocycles. The fourth-order valence-corrected chi connectivity index (χ4v) is 4.95. The van der Waals surface area contributed by atoms with Crippen molar-refractivity contribution in [1.82, 2.24) is 4.72 Å². The average molecular weight is 622 g/mol.